The quantitative estimate of drug-likeness (QED) is 0.533. The summed E-state index contributed by atoms with van der Waals surface area (Å²) in [6, 6.07) is 20.7. The lowest BCUT2D eigenvalue weighted by Gasteiger charge is -2.15. The van der Waals surface area contributed by atoms with Crippen molar-refractivity contribution in [3.05, 3.63) is 94.5 Å². The molecule has 0 aromatic heterocycles. The summed E-state index contributed by atoms with van der Waals surface area (Å²) in [5.41, 5.74) is 6.14. The number of hydrogen-bond donors (Lipinski definition) is 2. The van der Waals surface area contributed by atoms with Gasteiger partial charge in [0, 0.05) is 41.5 Å². The Morgan fingerprint density at radius 2 is 1.68 bits per heavy atom. The van der Waals surface area contributed by atoms with Crippen LogP contribution >= 0.6 is 11.6 Å². The summed E-state index contributed by atoms with van der Waals surface area (Å²) in [7, 11) is 5.52. The van der Waals surface area contributed by atoms with Gasteiger partial charge in [0.05, 0.1) is 7.11 Å². The summed E-state index contributed by atoms with van der Waals surface area (Å²) in [5, 5.41) is 3.48. The van der Waals surface area contributed by atoms with Gasteiger partial charge in [-0.2, -0.15) is 0 Å². The zero-order valence-electron chi connectivity index (χ0n) is 19.2. The lowest BCUT2D eigenvalue weighted by molar-refractivity contribution is -0.596. The molecule has 2 amide bonds. The molecule has 2 N–H and O–H groups in total. The minimum Gasteiger partial charge on any atom is -0.497 e. The van der Waals surface area contributed by atoms with Crippen molar-refractivity contribution in [1.82, 2.24) is 10.7 Å². The van der Waals surface area contributed by atoms with Crippen molar-refractivity contribution in [2.24, 2.45) is 0 Å². The second-order valence-electron chi connectivity index (χ2n) is 8.17. The van der Waals surface area contributed by atoms with Gasteiger partial charge in [-0.1, -0.05) is 23.7 Å². The van der Waals surface area contributed by atoms with Crippen LogP contribution in [0.15, 0.2) is 72.8 Å². The van der Waals surface area contributed by atoms with Crippen LogP contribution in [-0.2, 0) is 4.79 Å². The van der Waals surface area contributed by atoms with Crippen LogP contribution < -0.4 is 20.4 Å². The summed E-state index contributed by atoms with van der Waals surface area (Å²) in [6.45, 7) is 0. The van der Waals surface area contributed by atoms with Gasteiger partial charge in [0.25, 0.3) is 5.91 Å². The molecular formula is C26H26ClN4O3+. The van der Waals surface area contributed by atoms with E-state index in [0.29, 0.717) is 16.3 Å². The summed E-state index contributed by atoms with van der Waals surface area (Å²) in [6.07, 6.45) is 1.86. The molecule has 1 saturated heterocycles. The van der Waals surface area contributed by atoms with Crippen molar-refractivity contribution in [3.8, 4) is 5.75 Å². The van der Waals surface area contributed by atoms with Crippen LogP contribution in [0.4, 0.5) is 5.69 Å². The van der Waals surface area contributed by atoms with Crippen LogP contribution in [0.2, 0.25) is 5.02 Å². The van der Waals surface area contributed by atoms with E-state index in [-0.39, 0.29) is 11.8 Å². The maximum Gasteiger partial charge on any atom is 0.304 e. The molecule has 1 heterocycles. The molecule has 7 nitrogen and oxygen atoms in total. The van der Waals surface area contributed by atoms with E-state index >= 15 is 0 Å². The number of amides is 2. The monoisotopic (exact) mass is 477 g/mol. The Bertz CT molecular complexity index is 1210. The number of hydrazone groups is 1. The highest BCUT2D eigenvalue weighted by Gasteiger charge is 2.47. The van der Waals surface area contributed by atoms with Crippen molar-refractivity contribution >= 4 is 35.3 Å². The molecule has 0 aliphatic carbocycles. The number of halogens is 1. The first-order valence-corrected chi connectivity index (χ1v) is 11.1. The maximum atomic E-state index is 13.0. The number of nitrogens with zero attached hydrogens (tertiary/aromatic N) is 2. The Balaban J connectivity index is 1.66. The first kappa shape index (κ1) is 23.3. The lowest BCUT2D eigenvalue weighted by atomic mass is 9.99. The Morgan fingerprint density at radius 3 is 2.26 bits per heavy atom. The van der Waals surface area contributed by atoms with Gasteiger partial charge >= 0.3 is 5.91 Å². The number of ether oxygens (including phenoxy) is 1. The Hall–Kier alpha value is -3.84. The van der Waals surface area contributed by atoms with Crippen LogP contribution in [0.5, 0.6) is 5.75 Å². The normalized spacial score (nSPS) is 18.5. The van der Waals surface area contributed by atoms with Crippen molar-refractivity contribution in [2.75, 3.05) is 26.1 Å². The zero-order valence-corrected chi connectivity index (χ0v) is 19.9. The fourth-order valence-corrected chi connectivity index (χ4v) is 3.95. The van der Waals surface area contributed by atoms with Gasteiger partial charge in [0.15, 0.2) is 6.04 Å². The smallest absolute Gasteiger partial charge is 0.304 e. The predicted octanol–water partition coefficient (Wildman–Crippen LogP) is 3.43. The highest BCUT2D eigenvalue weighted by molar-refractivity contribution is 6.30. The van der Waals surface area contributed by atoms with E-state index in [4.69, 9.17) is 16.3 Å². The van der Waals surface area contributed by atoms with Gasteiger partial charge in [0.1, 0.15) is 5.75 Å². The van der Waals surface area contributed by atoms with Gasteiger partial charge < -0.3 is 15.0 Å². The van der Waals surface area contributed by atoms with Crippen LogP contribution in [-0.4, -0.2) is 50.0 Å². The van der Waals surface area contributed by atoms with Crippen molar-refractivity contribution in [2.45, 2.75) is 12.1 Å². The van der Waals surface area contributed by atoms with E-state index in [2.05, 4.69) is 10.7 Å². The van der Waals surface area contributed by atoms with Gasteiger partial charge in [-0.05, 0) is 60.7 Å². The van der Waals surface area contributed by atoms with E-state index in [0.717, 1.165) is 16.8 Å². The third-order valence-electron chi connectivity index (χ3n) is 5.69. The molecule has 2 atom stereocenters. The molecular weight excluding hydrogens is 452 g/mol. The minimum atomic E-state index is -0.812. The van der Waals surface area contributed by atoms with E-state index in [1.807, 2.05) is 61.6 Å². The van der Waals surface area contributed by atoms with Crippen molar-refractivity contribution in [3.63, 3.8) is 0 Å². The fourth-order valence-electron chi connectivity index (χ4n) is 3.83. The van der Waals surface area contributed by atoms with Gasteiger partial charge in [-0.25, -0.2) is 0 Å². The minimum absolute atomic E-state index is 0.303. The van der Waals surface area contributed by atoms with Crippen LogP contribution in [0.25, 0.3) is 0 Å². The Kier molecular flexibility index (Phi) is 6.84. The number of benzene rings is 3. The molecule has 0 saturated carbocycles. The maximum absolute atomic E-state index is 13.0. The summed E-state index contributed by atoms with van der Waals surface area (Å²) in [5.74, 6) is -0.00261. The largest absolute Gasteiger partial charge is 0.497 e. The first-order valence-electron chi connectivity index (χ1n) is 10.8. The number of carbonyl (C=O) groups excluding carboxylic acids is 2. The first-order chi connectivity index (χ1) is 16.4. The standard InChI is InChI=1S/C26H25ClN4O3/c1-30(2)21-12-4-17(5-13-21)16-31-24(18-6-10-20(27)11-7-18)23(26(33)29-31)28-25(32)19-8-14-22(34-3)15-9-19/h4-16,23-24H,1-3H3,(H-,28,29,32,33)/p+1/t23-,24+/m0/s1. The number of hydrazine groups is 1. The third-order valence-corrected chi connectivity index (χ3v) is 5.94. The molecule has 34 heavy (non-hydrogen) atoms. The predicted molar refractivity (Wildman–Crippen MR) is 133 cm³/mol. The fraction of sp³-hybridized carbons (Fsp3) is 0.192. The van der Waals surface area contributed by atoms with Crippen molar-refractivity contribution < 1.29 is 19.0 Å². The Labute approximate surface area is 203 Å². The molecule has 3 aromatic carbocycles. The number of anilines is 1. The highest BCUT2D eigenvalue weighted by atomic mass is 35.5. The highest BCUT2D eigenvalue weighted by Crippen LogP contribution is 2.27. The Morgan fingerprint density at radius 1 is 1.03 bits per heavy atom. The van der Waals surface area contributed by atoms with Crippen LogP contribution in [0, 0.1) is 0 Å². The van der Waals surface area contributed by atoms with Crippen LogP contribution in [0.1, 0.15) is 27.5 Å². The molecule has 4 rings (SSSR count). The second kappa shape index (κ2) is 9.97. The molecule has 0 bridgehead atoms. The SMILES string of the molecule is COc1ccc(C(=O)N[C@@H]2C(=O)N/[N+](=C\c3ccc(N(C)C)cc3)[C@@H]2c2ccc(Cl)cc2)cc1. The van der Waals surface area contributed by atoms with E-state index < -0.39 is 12.1 Å². The lowest BCUT2D eigenvalue weighted by Crippen LogP contribution is -2.42. The molecule has 0 spiro atoms. The zero-order chi connectivity index (χ0) is 24.2. The molecule has 1 fully saturated rings. The molecule has 0 radical (unpaired) electrons. The number of nitrogens with one attached hydrogen (secondary N) is 2. The summed E-state index contributed by atoms with van der Waals surface area (Å²) >= 11 is 6.09. The topological polar surface area (TPSA) is 73.7 Å². The van der Waals surface area contributed by atoms with Gasteiger partial charge in [-0.3, -0.25) is 9.59 Å². The van der Waals surface area contributed by atoms with Gasteiger partial charge in [0.2, 0.25) is 12.3 Å². The molecule has 1 aliphatic rings. The number of carbonyl (C=O) groups is 2. The molecule has 8 heteroatoms. The van der Waals surface area contributed by atoms with Crippen molar-refractivity contribution in [1.29, 1.82) is 0 Å². The van der Waals surface area contributed by atoms with E-state index in [9.17, 15) is 9.59 Å². The second-order valence-corrected chi connectivity index (χ2v) is 8.61. The van der Waals surface area contributed by atoms with E-state index in [1.165, 1.54) is 0 Å². The molecule has 3 aromatic rings. The third kappa shape index (κ3) is 5.05. The number of rotatable bonds is 6. The van der Waals surface area contributed by atoms with Crippen LogP contribution in [0.3, 0.4) is 0 Å². The molecule has 1 aliphatic heterocycles. The molecule has 0 unspecified atom stereocenters. The average Bonchev–Trinajstić information content (AvgIpc) is 3.14. The number of methoxy groups -OCH3 is 1. The summed E-state index contributed by atoms with van der Waals surface area (Å²) in [4.78, 5) is 28.0. The summed E-state index contributed by atoms with van der Waals surface area (Å²) < 4.78 is 6.89. The molecule has 174 valence electrons. The van der Waals surface area contributed by atoms with E-state index in [1.54, 1.807) is 48.2 Å². The average molecular weight is 478 g/mol. The van der Waals surface area contributed by atoms with Gasteiger partial charge in [-0.15, -0.1) is 10.1 Å². The number of hydrogen-bond acceptors (Lipinski definition) is 4.